The third kappa shape index (κ3) is 4.03. The summed E-state index contributed by atoms with van der Waals surface area (Å²) in [5.74, 6) is 0.428. The average molecular weight is 439 g/mol. The molecule has 1 amide bonds. The lowest BCUT2D eigenvalue weighted by Gasteiger charge is -2.11. The molecule has 2 heterocycles. The molecule has 7 heteroatoms. The SMILES string of the molecule is COc1ccc2c(C)c(CC(=O)NCCc3c[nH]c4ccc(Cl)cc34)c(=O)oc2c1C. The Kier molecular flexibility index (Phi) is 5.74. The molecular formula is C24H23ClN2O4. The minimum Gasteiger partial charge on any atom is -0.496 e. The lowest BCUT2D eigenvalue weighted by atomic mass is 10.0. The summed E-state index contributed by atoms with van der Waals surface area (Å²) in [7, 11) is 1.57. The number of hydrogen-bond acceptors (Lipinski definition) is 4. The molecule has 0 atom stereocenters. The van der Waals surface area contributed by atoms with Gasteiger partial charge in [0.1, 0.15) is 11.3 Å². The van der Waals surface area contributed by atoms with E-state index in [1.807, 2.05) is 50.4 Å². The molecule has 2 aromatic heterocycles. The summed E-state index contributed by atoms with van der Waals surface area (Å²) in [6.07, 6.45) is 2.54. The Balaban J connectivity index is 1.48. The Morgan fingerprint density at radius 3 is 2.74 bits per heavy atom. The third-order valence-electron chi connectivity index (χ3n) is 5.66. The Bertz CT molecular complexity index is 1350. The van der Waals surface area contributed by atoms with Gasteiger partial charge in [-0.15, -0.1) is 0 Å². The zero-order valence-electron chi connectivity index (χ0n) is 17.6. The van der Waals surface area contributed by atoms with Gasteiger partial charge in [-0.25, -0.2) is 4.79 Å². The number of fused-ring (bicyclic) bond motifs is 2. The molecule has 0 saturated heterocycles. The molecule has 160 valence electrons. The van der Waals surface area contributed by atoms with E-state index >= 15 is 0 Å². The Morgan fingerprint density at radius 2 is 1.97 bits per heavy atom. The van der Waals surface area contributed by atoms with Gasteiger partial charge >= 0.3 is 5.63 Å². The van der Waals surface area contributed by atoms with Crippen molar-refractivity contribution in [3.63, 3.8) is 0 Å². The van der Waals surface area contributed by atoms with E-state index in [1.54, 1.807) is 7.11 Å². The van der Waals surface area contributed by atoms with Gasteiger partial charge in [-0.2, -0.15) is 0 Å². The van der Waals surface area contributed by atoms with Crippen molar-refractivity contribution >= 4 is 39.4 Å². The summed E-state index contributed by atoms with van der Waals surface area (Å²) in [6, 6.07) is 9.36. The second kappa shape index (κ2) is 8.47. The highest BCUT2D eigenvalue weighted by molar-refractivity contribution is 6.31. The predicted octanol–water partition coefficient (Wildman–Crippen LogP) is 4.45. The number of nitrogens with one attached hydrogen (secondary N) is 2. The lowest BCUT2D eigenvalue weighted by molar-refractivity contribution is -0.120. The maximum atomic E-state index is 12.6. The van der Waals surface area contributed by atoms with Crippen LogP contribution in [0.5, 0.6) is 5.75 Å². The summed E-state index contributed by atoms with van der Waals surface area (Å²) >= 11 is 6.09. The first-order valence-electron chi connectivity index (χ1n) is 10.0. The van der Waals surface area contributed by atoms with Crippen molar-refractivity contribution in [1.82, 2.24) is 10.3 Å². The molecule has 4 aromatic rings. The average Bonchev–Trinajstić information content (AvgIpc) is 3.14. The normalized spacial score (nSPS) is 11.2. The molecule has 0 unspecified atom stereocenters. The standard InChI is InChI=1S/C24H23ClN2O4/c1-13-17-5-7-21(30-3)14(2)23(17)31-24(29)18(13)11-22(28)26-9-8-15-12-27-20-6-4-16(25)10-19(15)20/h4-7,10,12,27H,8-9,11H2,1-3H3,(H,26,28). The highest BCUT2D eigenvalue weighted by Gasteiger charge is 2.17. The number of amides is 1. The molecule has 4 rings (SSSR count). The summed E-state index contributed by atoms with van der Waals surface area (Å²) in [4.78, 5) is 28.3. The van der Waals surface area contributed by atoms with Crippen LogP contribution in [-0.2, 0) is 17.6 Å². The van der Waals surface area contributed by atoms with Gasteiger partial charge in [0.15, 0.2) is 0 Å². The van der Waals surface area contributed by atoms with Crippen LogP contribution in [0.25, 0.3) is 21.9 Å². The molecule has 0 aliphatic carbocycles. The number of halogens is 1. The van der Waals surface area contributed by atoms with Crippen LogP contribution in [0.4, 0.5) is 0 Å². The summed E-state index contributed by atoms with van der Waals surface area (Å²) in [5, 5.41) is 5.41. The fourth-order valence-corrected chi connectivity index (χ4v) is 4.09. The minimum absolute atomic E-state index is 0.0328. The van der Waals surface area contributed by atoms with Crippen LogP contribution < -0.4 is 15.7 Å². The van der Waals surface area contributed by atoms with E-state index < -0.39 is 5.63 Å². The first-order valence-corrected chi connectivity index (χ1v) is 10.4. The number of rotatable bonds is 6. The number of H-pyrrole nitrogens is 1. The number of hydrogen-bond donors (Lipinski definition) is 2. The van der Waals surface area contributed by atoms with Crippen molar-refractivity contribution in [1.29, 1.82) is 0 Å². The van der Waals surface area contributed by atoms with E-state index in [-0.39, 0.29) is 12.3 Å². The van der Waals surface area contributed by atoms with E-state index in [4.69, 9.17) is 20.8 Å². The summed E-state index contributed by atoms with van der Waals surface area (Å²) in [5.41, 5.74) is 3.94. The fourth-order valence-electron chi connectivity index (χ4n) is 3.91. The first-order chi connectivity index (χ1) is 14.9. The molecule has 0 bridgehead atoms. The van der Waals surface area contributed by atoms with E-state index in [1.165, 1.54) is 0 Å². The molecule has 31 heavy (non-hydrogen) atoms. The number of carbonyl (C=O) groups excluding carboxylic acids is 1. The molecule has 6 nitrogen and oxygen atoms in total. The molecule has 0 spiro atoms. The van der Waals surface area contributed by atoms with Crippen molar-refractivity contribution in [2.24, 2.45) is 0 Å². The lowest BCUT2D eigenvalue weighted by Crippen LogP contribution is -2.29. The van der Waals surface area contributed by atoms with E-state index in [0.29, 0.717) is 34.9 Å². The number of ether oxygens (including phenoxy) is 1. The molecule has 0 aliphatic heterocycles. The minimum atomic E-state index is -0.497. The monoisotopic (exact) mass is 438 g/mol. The van der Waals surface area contributed by atoms with Crippen molar-refractivity contribution < 1.29 is 13.9 Å². The maximum absolute atomic E-state index is 12.6. The van der Waals surface area contributed by atoms with Gasteiger partial charge in [0.25, 0.3) is 0 Å². The van der Waals surface area contributed by atoms with Gasteiger partial charge in [0.05, 0.1) is 19.1 Å². The van der Waals surface area contributed by atoms with Crippen LogP contribution in [-0.4, -0.2) is 24.5 Å². The van der Waals surface area contributed by atoms with Gasteiger partial charge in [0.2, 0.25) is 5.91 Å². The van der Waals surface area contributed by atoms with Crippen LogP contribution in [0.1, 0.15) is 22.3 Å². The molecule has 0 fully saturated rings. The van der Waals surface area contributed by atoms with Gasteiger partial charge in [-0.05, 0) is 61.7 Å². The molecule has 2 N–H and O–H groups in total. The van der Waals surface area contributed by atoms with Crippen molar-refractivity contribution in [2.75, 3.05) is 13.7 Å². The highest BCUT2D eigenvalue weighted by atomic mass is 35.5. The first kappa shape index (κ1) is 21.0. The quantitative estimate of drug-likeness (QED) is 0.435. The second-order valence-electron chi connectivity index (χ2n) is 7.54. The van der Waals surface area contributed by atoms with Crippen LogP contribution >= 0.6 is 11.6 Å². The number of carbonyl (C=O) groups is 1. The highest BCUT2D eigenvalue weighted by Crippen LogP contribution is 2.29. The van der Waals surface area contributed by atoms with Gasteiger partial charge < -0.3 is 19.5 Å². The topological polar surface area (TPSA) is 84.3 Å². The van der Waals surface area contributed by atoms with Crippen molar-refractivity contribution in [3.05, 3.63) is 74.2 Å². The summed E-state index contributed by atoms with van der Waals surface area (Å²) < 4.78 is 10.8. The molecule has 0 aliphatic rings. The van der Waals surface area contributed by atoms with Crippen LogP contribution in [0.15, 0.2) is 45.7 Å². The van der Waals surface area contributed by atoms with Crippen molar-refractivity contribution in [3.8, 4) is 5.75 Å². The van der Waals surface area contributed by atoms with Gasteiger partial charge in [0, 0.05) is 39.6 Å². The zero-order valence-corrected chi connectivity index (χ0v) is 18.4. The van der Waals surface area contributed by atoms with Crippen LogP contribution in [0, 0.1) is 13.8 Å². The van der Waals surface area contributed by atoms with Crippen LogP contribution in [0.3, 0.4) is 0 Å². The number of benzene rings is 2. The maximum Gasteiger partial charge on any atom is 0.340 e. The molecule has 0 radical (unpaired) electrons. The molecular weight excluding hydrogens is 416 g/mol. The Hall–Kier alpha value is -3.25. The Morgan fingerprint density at radius 1 is 1.16 bits per heavy atom. The van der Waals surface area contributed by atoms with Crippen molar-refractivity contribution in [2.45, 2.75) is 26.7 Å². The van der Waals surface area contributed by atoms with E-state index in [2.05, 4.69) is 10.3 Å². The molecule has 2 aromatic carbocycles. The molecule has 0 saturated carbocycles. The number of methoxy groups -OCH3 is 1. The summed E-state index contributed by atoms with van der Waals surface area (Å²) in [6.45, 7) is 4.13. The predicted molar refractivity (Wildman–Crippen MR) is 122 cm³/mol. The van der Waals surface area contributed by atoms with E-state index in [9.17, 15) is 9.59 Å². The smallest absolute Gasteiger partial charge is 0.340 e. The fraction of sp³-hybridized carbons (Fsp3) is 0.250. The zero-order chi connectivity index (χ0) is 22.1. The van der Waals surface area contributed by atoms with Gasteiger partial charge in [-0.1, -0.05) is 11.6 Å². The Labute approximate surface area is 184 Å². The van der Waals surface area contributed by atoms with Gasteiger partial charge in [-0.3, -0.25) is 4.79 Å². The largest absolute Gasteiger partial charge is 0.496 e. The third-order valence-corrected chi connectivity index (χ3v) is 5.89. The van der Waals surface area contributed by atoms with E-state index in [0.717, 1.165) is 33.0 Å². The second-order valence-corrected chi connectivity index (χ2v) is 7.98. The number of aryl methyl sites for hydroxylation is 2. The van der Waals surface area contributed by atoms with Crippen LogP contribution in [0.2, 0.25) is 5.02 Å². The number of aromatic amines is 1. The number of aromatic nitrogens is 1.